The number of hydrogen-bond donors (Lipinski definition) is 0. The highest BCUT2D eigenvalue weighted by molar-refractivity contribution is 7.21. The Labute approximate surface area is 157 Å². The number of aromatic nitrogens is 4. The first-order valence-electron chi connectivity index (χ1n) is 8.34. The van der Waals surface area contributed by atoms with Crippen LogP contribution in [0, 0.1) is 0 Å². The SMILES string of the molecule is COc1ccc(-n2cnn3c(=O)c4cc(-c5ccccc5)sc4nc23)cc1. The van der Waals surface area contributed by atoms with E-state index in [0.717, 1.165) is 21.9 Å². The van der Waals surface area contributed by atoms with Crippen LogP contribution in [0.15, 0.2) is 71.8 Å². The van der Waals surface area contributed by atoms with Crippen LogP contribution >= 0.6 is 11.3 Å². The molecule has 0 unspecified atom stereocenters. The number of hydrogen-bond acceptors (Lipinski definition) is 5. The number of methoxy groups -OCH3 is 1. The molecule has 132 valence electrons. The molecule has 0 aliphatic heterocycles. The first-order chi connectivity index (χ1) is 13.2. The van der Waals surface area contributed by atoms with Crippen molar-refractivity contribution in [3.8, 4) is 21.9 Å². The first kappa shape index (κ1) is 15.8. The summed E-state index contributed by atoms with van der Waals surface area (Å²) in [6.07, 6.45) is 1.60. The summed E-state index contributed by atoms with van der Waals surface area (Å²) in [5.74, 6) is 1.25. The summed E-state index contributed by atoms with van der Waals surface area (Å²) in [4.78, 5) is 19.3. The van der Waals surface area contributed by atoms with E-state index in [2.05, 4.69) is 5.10 Å². The molecule has 0 radical (unpaired) electrons. The molecule has 0 aliphatic carbocycles. The summed E-state index contributed by atoms with van der Waals surface area (Å²) in [7, 11) is 1.63. The smallest absolute Gasteiger partial charge is 0.284 e. The lowest BCUT2D eigenvalue weighted by Gasteiger charge is -2.04. The fourth-order valence-corrected chi connectivity index (χ4v) is 4.07. The summed E-state index contributed by atoms with van der Waals surface area (Å²) < 4.78 is 8.34. The van der Waals surface area contributed by atoms with E-state index in [-0.39, 0.29) is 5.56 Å². The highest BCUT2D eigenvalue weighted by Crippen LogP contribution is 2.31. The number of thiophene rings is 1. The van der Waals surface area contributed by atoms with E-state index in [1.54, 1.807) is 18.0 Å². The first-order valence-corrected chi connectivity index (χ1v) is 9.16. The Bertz CT molecular complexity index is 1320. The van der Waals surface area contributed by atoms with Gasteiger partial charge in [-0.3, -0.25) is 9.36 Å². The van der Waals surface area contributed by atoms with E-state index in [1.807, 2.05) is 60.7 Å². The maximum absolute atomic E-state index is 12.9. The van der Waals surface area contributed by atoms with Crippen LogP contribution in [0.2, 0.25) is 0 Å². The third-order valence-corrected chi connectivity index (χ3v) is 5.51. The van der Waals surface area contributed by atoms with Crippen molar-refractivity contribution in [2.45, 2.75) is 0 Å². The lowest BCUT2D eigenvalue weighted by molar-refractivity contribution is 0.415. The van der Waals surface area contributed by atoms with Gasteiger partial charge in [0, 0.05) is 4.88 Å². The lowest BCUT2D eigenvalue weighted by atomic mass is 10.2. The van der Waals surface area contributed by atoms with Crippen LogP contribution in [0.1, 0.15) is 0 Å². The molecular formula is C20H14N4O2S. The van der Waals surface area contributed by atoms with Crippen molar-refractivity contribution < 1.29 is 4.74 Å². The Morgan fingerprint density at radius 3 is 2.56 bits per heavy atom. The van der Waals surface area contributed by atoms with Gasteiger partial charge in [-0.05, 0) is 35.9 Å². The maximum Gasteiger partial charge on any atom is 0.284 e. The third kappa shape index (κ3) is 2.51. The third-order valence-electron chi connectivity index (χ3n) is 4.43. The quantitative estimate of drug-likeness (QED) is 0.482. The zero-order chi connectivity index (χ0) is 18.4. The van der Waals surface area contributed by atoms with E-state index in [1.165, 1.54) is 15.9 Å². The molecule has 0 atom stereocenters. The Kier molecular flexibility index (Phi) is 3.54. The molecule has 0 spiro atoms. The number of ether oxygens (including phenoxy) is 1. The van der Waals surface area contributed by atoms with Gasteiger partial charge < -0.3 is 4.74 Å². The fraction of sp³-hybridized carbons (Fsp3) is 0.0500. The van der Waals surface area contributed by atoms with E-state index >= 15 is 0 Å². The van der Waals surface area contributed by atoms with Crippen molar-refractivity contribution in [1.29, 1.82) is 0 Å². The molecule has 2 aromatic carbocycles. The second-order valence-corrected chi connectivity index (χ2v) is 7.05. The maximum atomic E-state index is 12.9. The molecule has 5 rings (SSSR count). The summed E-state index contributed by atoms with van der Waals surface area (Å²) >= 11 is 1.51. The van der Waals surface area contributed by atoms with Crippen molar-refractivity contribution >= 4 is 27.3 Å². The zero-order valence-corrected chi connectivity index (χ0v) is 15.2. The molecule has 0 fully saturated rings. The monoisotopic (exact) mass is 374 g/mol. The summed E-state index contributed by atoms with van der Waals surface area (Å²) in [5.41, 5.74) is 1.76. The van der Waals surface area contributed by atoms with E-state index in [0.29, 0.717) is 16.0 Å². The van der Waals surface area contributed by atoms with Gasteiger partial charge in [-0.1, -0.05) is 30.3 Å². The molecular weight excluding hydrogens is 360 g/mol. The van der Waals surface area contributed by atoms with Gasteiger partial charge in [-0.15, -0.1) is 11.3 Å². The summed E-state index contributed by atoms with van der Waals surface area (Å²) in [6.45, 7) is 0. The topological polar surface area (TPSA) is 61.4 Å². The van der Waals surface area contributed by atoms with Crippen LogP contribution in [0.3, 0.4) is 0 Å². The van der Waals surface area contributed by atoms with E-state index < -0.39 is 0 Å². The van der Waals surface area contributed by atoms with Gasteiger partial charge in [0.05, 0.1) is 18.2 Å². The molecule has 0 saturated heterocycles. The molecule has 0 N–H and O–H groups in total. The predicted molar refractivity (Wildman–Crippen MR) is 106 cm³/mol. The van der Waals surface area contributed by atoms with Crippen molar-refractivity contribution in [2.75, 3.05) is 7.11 Å². The number of nitrogens with zero attached hydrogens (tertiary/aromatic N) is 4. The number of fused-ring (bicyclic) bond motifs is 2. The van der Waals surface area contributed by atoms with E-state index in [9.17, 15) is 4.79 Å². The minimum Gasteiger partial charge on any atom is -0.497 e. The van der Waals surface area contributed by atoms with Gasteiger partial charge in [0.2, 0.25) is 5.78 Å². The van der Waals surface area contributed by atoms with Crippen molar-refractivity contribution in [3.63, 3.8) is 0 Å². The minimum atomic E-state index is -0.166. The second kappa shape index (κ2) is 6.07. The molecule has 0 amide bonds. The Hall–Kier alpha value is -3.45. The average Bonchev–Trinajstić information content (AvgIpc) is 3.34. The Morgan fingerprint density at radius 1 is 1.04 bits per heavy atom. The van der Waals surface area contributed by atoms with Gasteiger partial charge >= 0.3 is 0 Å². The van der Waals surface area contributed by atoms with Gasteiger partial charge in [-0.25, -0.2) is 4.98 Å². The standard InChI is InChI=1S/C20H14N4O2S/c1-26-15-9-7-14(8-10-15)23-12-21-24-19(25)16-11-17(13-5-3-2-4-6-13)27-18(16)22-20(23)24/h2-12H,1H3. The van der Waals surface area contributed by atoms with Crippen molar-refractivity contribution in [1.82, 2.24) is 19.2 Å². The van der Waals surface area contributed by atoms with Crippen LogP contribution in [-0.4, -0.2) is 26.3 Å². The largest absolute Gasteiger partial charge is 0.497 e. The van der Waals surface area contributed by atoms with Crippen LogP contribution in [0.25, 0.3) is 32.1 Å². The molecule has 3 aromatic heterocycles. The average molecular weight is 374 g/mol. The summed E-state index contributed by atoms with van der Waals surface area (Å²) in [6, 6.07) is 19.4. The zero-order valence-electron chi connectivity index (χ0n) is 14.4. The van der Waals surface area contributed by atoms with Crippen LogP contribution in [-0.2, 0) is 0 Å². The van der Waals surface area contributed by atoms with E-state index in [4.69, 9.17) is 9.72 Å². The second-order valence-electron chi connectivity index (χ2n) is 6.02. The van der Waals surface area contributed by atoms with Crippen LogP contribution in [0.4, 0.5) is 0 Å². The minimum absolute atomic E-state index is 0.166. The molecule has 5 aromatic rings. The molecule has 0 bridgehead atoms. The molecule has 7 heteroatoms. The molecule has 3 heterocycles. The van der Waals surface area contributed by atoms with Crippen LogP contribution in [0.5, 0.6) is 5.75 Å². The Morgan fingerprint density at radius 2 is 1.81 bits per heavy atom. The number of benzene rings is 2. The predicted octanol–water partition coefficient (Wildman–Crippen LogP) is 3.77. The highest BCUT2D eigenvalue weighted by atomic mass is 32.1. The molecule has 0 aliphatic rings. The van der Waals surface area contributed by atoms with Gasteiger partial charge in [0.1, 0.15) is 16.9 Å². The summed E-state index contributed by atoms with van der Waals surface area (Å²) in [5, 5.41) is 4.83. The van der Waals surface area contributed by atoms with Gasteiger partial charge in [0.15, 0.2) is 0 Å². The van der Waals surface area contributed by atoms with Crippen molar-refractivity contribution in [2.24, 2.45) is 0 Å². The van der Waals surface area contributed by atoms with Crippen LogP contribution < -0.4 is 10.3 Å². The van der Waals surface area contributed by atoms with Crippen molar-refractivity contribution in [3.05, 3.63) is 77.3 Å². The van der Waals surface area contributed by atoms with Gasteiger partial charge in [-0.2, -0.15) is 9.61 Å². The fourth-order valence-electron chi connectivity index (χ4n) is 3.05. The highest BCUT2D eigenvalue weighted by Gasteiger charge is 2.15. The molecule has 6 nitrogen and oxygen atoms in total. The molecule has 27 heavy (non-hydrogen) atoms. The van der Waals surface area contributed by atoms with Gasteiger partial charge in [0.25, 0.3) is 5.56 Å². The normalized spacial score (nSPS) is 11.3. The Balaban J connectivity index is 1.71. The molecule has 0 saturated carbocycles. The lowest BCUT2D eigenvalue weighted by Crippen LogP contribution is -2.15. The number of rotatable bonds is 3.